The molecule has 33 heavy (non-hydrogen) atoms. The molecule has 0 aliphatic carbocycles. The second-order valence-electron chi connectivity index (χ2n) is 8.32. The van der Waals surface area contributed by atoms with E-state index in [2.05, 4.69) is 10.6 Å². The summed E-state index contributed by atoms with van der Waals surface area (Å²) >= 11 is 0. The van der Waals surface area contributed by atoms with Crippen molar-refractivity contribution in [1.29, 1.82) is 0 Å². The molecule has 1 rings (SSSR count). The molecular formula is C22H34N2O8S. The summed E-state index contributed by atoms with van der Waals surface area (Å²) in [5.41, 5.74) is -0.0888. The topological polar surface area (TPSA) is 137 Å². The van der Waals surface area contributed by atoms with Crippen molar-refractivity contribution in [2.45, 2.75) is 58.8 Å². The van der Waals surface area contributed by atoms with Crippen molar-refractivity contribution in [3.63, 3.8) is 0 Å². The molecular weight excluding hydrogens is 452 g/mol. The van der Waals surface area contributed by atoms with Gasteiger partial charge in [-0.2, -0.15) is 0 Å². The van der Waals surface area contributed by atoms with Crippen LogP contribution in [0.3, 0.4) is 0 Å². The van der Waals surface area contributed by atoms with Gasteiger partial charge in [0.2, 0.25) is 0 Å². The molecule has 0 spiro atoms. The Bertz CT molecular complexity index is 866. The number of carbonyl (C=O) groups is 3. The van der Waals surface area contributed by atoms with Gasteiger partial charge >= 0.3 is 18.2 Å². The summed E-state index contributed by atoms with van der Waals surface area (Å²) in [5.74, 6) is -2.06. The molecule has 11 heteroatoms. The molecule has 1 aromatic rings. The van der Waals surface area contributed by atoms with Crippen molar-refractivity contribution in [2.75, 3.05) is 24.7 Å². The minimum absolute atomic E-state index is 0.0458. The number of nitrogens with one attached hydrogen (secondary N) is 2. The third kappa shape index (κ3) is 13.4. The highest BCUT2D eigenvalue weighted by molar-refractivity contribution is 7.91. The molecule has 186 valence electrons. The highest BCUT2D eigenvalue weighted by Crippen LogP contribution is 2.10. The standard InChI is InChI=1S/C22H34N2O8S/c1-5-6-13-30-21(27)24-18(19(25)32-22(2,3)4)16-33(28,29)14-12-23-20(26)31-15-17-10-8-7-9-11-17/h7-11,18H,5-6,12-16H2,1-4H3,(H,23,26)(H,24,27). The lowest BCUT2D eigenvalue weighted by molar-refractivity contribution is -0.156. The van der Waals surface area contributed by atoms with Crippen LogP contribution in [0, 0.1) is 0 Å². The number of carbonyl (C=O) groups excluding carboxylic acids is 3. The second-order valence-corrected chi connectivity index (χ2v) is 10.6. The molecule has 0 aliphatic rings. The fraction of sp³-hybridized carbons (Fsp3) is 0.591. The number of hydrogen-bond donors (Lipinski definition) is 2. The number of ether oxygens (including phenoxy) is 3. The fourth-order valence-electron chi connectivity index (χ4n) is 2.45. The third-order valence-corrected chi connectivity index (χ3v) is 5.70. The van der Waals surface area contributed by atoms with Crippen LogP contribution in [0.1, 0.15) is 46.1 Å². The number of amides is 2. The van der Waals surface area contributed by atoms with Gasteiger partial charge in [-0.1, -0.05) is 43.7 Å². The van der Waals surface area contributed by atoms with Gasteiger partial charge in [-0.05, 0) is 32.8 Å². The summed E-state index contributed by atoms with van der Waals surface area (Å²) in [4.78, 5) is 36.2. The first-order valence-electron chi connectivity index (χ1n) is 10.7. The minimum atomic E-state index is -3.86. The van der Waals surface area contributed by atoms with E-state index in [4.69, 9.17) is 14.2 Å². The molecule has 0 aromatic heterocycles. The van der Waals surface area contributed by atoms with Gasteiger partial charge in [0.15, 0.2) is 9.84 Å². The Balaban J connectivity index is 2.61. The Morgan fingerprint density at radius 3 is 2.30 bits per heavy atom. The van der Waals surface area contributed by atoms with Crippen LogP contribution in [0.15, 0.2) is 30.3 Å². The van der Waals surface area contributed by atoms with Crippen molar-refractivity contribution in [1.82, 2.24) is 10.6 Å². The SMILES string of the molecule is CCCCOC(=O)NC(CS(=O)(=O)CCNC(=O)OCc1ccccc1)C(=O)OC(C)(C)C. The Labute approximate surface area is 195 Å². The molecule has 1 atom stereocenters. The van der Waals surface area contributed by atoms with E-state index in [1.807, 2.05) is 13.0 Å². The summed E-state index contributed by atoms with van der Waals surface area (Å²) in [6.07, 6.45) is -0.236. The molecule has 0 saturated carbocycles. The number of esters is 1. The van der Waals surface area contributed by atoms with E-state index in [1.165, 1.54) is 0 Å². The van der Waals surface area contributed by atoms with Crippen molar-refractivity contribution >= 4 is 28.0 Å². The molecule has 2 N–H and O–H groups in total. The number of rotatable bonds is 12. The van der Waals surface area contributed by atoms with Crippen LogP contribution in [0.25, 0.3) is 0 Å². The first-order valence-corrected chi connectivity index (χ1v) is 12.5. The molecule has 1 aromatic carbocycles. The molecule has 0 radical (unpaired) electrons. The van der Waals surface area contributed by atoms with Gasteiger partial charge < -0.3 is 24.8 Å². The largest absolute Gasteiger partial charge is 0.458 e. The van der Waals surface area contributed by atoms with E-state index in [0.29, 0.717) is 6.42 Å². The third-order valence-electron chi connectivity index (χ3n) is 4.03. The predicted molar refractivity (Wildman–Crippen MR) is 122 cm³/mol. The molecule has 2 amide bonds. The van der Waals surface area contributed by atoms with Gasteiger partial charge in [0, 0.05) is 6.54 Å². The van der Waals surface area contributed by atoms with Crippen molar-refractivity contribution in [3.05, 3.63) is 35.9 Å². The molecule has 10 nitrogen and oxygen atoms in total. The molecule has 0 saturated heterocycles. The van der Waals surface area contributed by atoms with Gasteiger partial charge in [-0.15, -0.1) is 0 Å². The summed E-state index contributed by atoms with van der Waals surface area (Å²) in [7, 11) is -3.86. The summed E-state index contributed by atoms with van der Waals surface area (Å²) in [6.45, 7) is 6.76. The average Bonchev–Trinajstić information content (AvgIpc) is 2.71. The highest BCUT2D eigenvalue weighted by atomic mass is 32.2. The molecule has 1 unspecified atom stereocenters. The van der Waals surface area contributed by atoms with Crippen molar-refractivity contribution in [2.24, 2.45) is 0 Å². The van der Waals surface area contributed by atoms with Gasteiger partial charge in [0.05, 0.1) is 18.1 Å². The Kier molecular flexibility index (Phi) is 11.7. The van der Waals surface area contributed by atoms with E-state index in [9.17, 15) is 22.8 Å². The van der Waals surface area contributed by atoms with Gasteiger partial charge in [0.1, 0.15) is 18.2 Å². The number of benzene rings is 1. The van der Waals surface area contributed by atoms with Gasteiger partial charge in [-0.25, -0.2) is 22.8 Å². The van der Waals surface area contributed by atoms with E-state index in [-0.39, 0.29) is 19.8 Å². The minimum Gasteiger partial charge on any atom is -0.458 e. The quantitative estimate of drug-likeness (QED) is 0.261. The van der Waals surface area contributed by atoms with Crippen LogP contribution in [-0.2, 0) is 35.4 Å². The number of hydrogen-bond acceptors (Lipinski definition) is 8. The maximum absolute atomic E-state index is 12.5. The number of alkyl carbamates (subject to hydrolysis) is 2. The molecule has 0 heterocycles. The van der Waals surface area contributed by atoms with E-state index in [1.54, 1.807) is 45.0 Å². The highest BCUT2D eigenvalue weighted by Gasteiger charge is 2.31. The maximum atomic E-state index is 12.5. The van der Waals surface area contributed by atoms with Crippen LogP contribution < -0.4 is 10.6 Å². The lowest BCUT2D eigenvalue weighted by Gasteiger charge is -2.24. The summed E-state index contributed by atoms with van der Waals surface area (Å²) in [5, 5.41) is 4.62. The molecule has 0 aliphatic heterocycles. The Morgan fingerprint density at radius 1 is 1.03 bits per heavy atom. The van der Waals surface area contributed by atoms with Gasteiger partial charge in [-0.3, -0.25) is 0 Å². The summed E-state index contributed by atoms with van der Waals surface area (Å²) < 4.78 is 40.3. The first-order chi connectivity index (χ1) is 15.4. The van der Waals surface area contributed by atoms with Crippen LogP contribution in [0.2, 0.25) is 0 Å². The first kappa shape index (κ1) is 28.2. The van der Waals surface area contributed by atoms with E-state index in [0.717, 1.165) is 12.0 Å². The smallest absolute Gasteiger partial charge is 0.407 e. The number of unbranched alkanes of at least 4 members (excludes halogenated alkanes) is 1. The van der Waals surface area contributed by atoms with E-state index < -0.39 is 51.1 Å². The monoisotopic (exact) mass is 486 g/mol. The molecule has 0 bridgehead atoms. The normalized spacial score (nSPS) is 12.4. The van der Waals surface area contributed by atoms with Crippen molar-refractivity contribution in [3.8, 4) is 0 Å². The zero-order valence-corrected chi connectivity index (χ0v) is 20.4. The Morgan fingerprint density at radius 2 is 1.70 bits per heavy atom. The van der Waals surface area contributed by atoms with E-state index >= 15 is 0 Å². The average molecular weight is 487 g/mol. The van der Waals surface area contributed by atoms with Crippen LogP contribution in [-0.4, -0.2) is 62.9 Å². The fourth-order valence-corrected chi connectivity index (χ4v) is 3.76. The van der Waals surface area contributed by atoms with Crippen LogP contribution in [0.4, 0.5) is 9.59 Å². The van der Waals surface area contributed by atoms with Crippen LogP contribution in [0.5, 0.6) is 0 Å². The maximum Gasteiger partial charge on any atom is 0.407 e. The summed E-state index contributed by atoms with van der Waals surface area (Å²) in [6, 6.07) is 7.56. The zero-order valence-electron chi connectivity index (χ0n) is 19.6. The second kappa shape index (κ2) is 13.7. The lowest BCUT2D eigenvalue weighted by Crippen LogP contribution is -2.49. The van der Waals surface area contributed by atoms with Gasteiger partial charge in [0.25, 0.3) is 0 Å². The van der Waals surface area contributed by atoms with Crippen LogP contribution >= 0.6 is 0 Å². The number of sulfone groups is 1. The lowest BCUT2D eigenvalue weighted by atomic mass is 10.2. The molecule has 0 fully saturated rings. The van der Waals surface area contributed by atoms with Crippen molar-refractivity contribution < 1.29 is 37.0 Å². The predicted octanol–water partition coefficient (Wildman–Crippen LogP) is 2.56. The zero-order chi connectivity index (χ0) is 24.9. The Hall–Kier alpha value is -2.82.